The van der Waals surface area contributed by atoms with Crippen molar-refractivity contribution in [3.8, 4) is 5.75 Å². The second kappa shape index (κ2) is 5.73. The Hall–Kier alpha value is -1.72. The van der Waals surface area contributed by atoms with Gasteiger partial charge in [-0.05, 0) is 42.2 Å². The van der Waals surface area contributed by atoms with Gasteiger partial charge in [0.1, 0.15) is 5.75 Å². The number of anilines is 1. The molecule has 0 amide bonds. The third kappa shape index (κ3) is 2.89. The van der Waals surface area contributed by atoms with E-state index in [-0.39, 0.29) is 0 Å². The quantitative estimate of drug-likeness (QED) is 0.704. The molecule has 0 radical (unpaired) electrons. The summed E-state index contributed by atoms with van der Waals surface area (Å²) in [7, 11) is 0. The Kier molecular flexibility index (Phi) is 3.80. The molecular formula is C15H14N2OS2. The van der Waals surface area contributed by atoms with Crippen LogP contribution in [0.15, 0.2) is 46.8 Å². The van der Waals surface area contributed by atoms with Gasteiger partial charge < -0.3 is 10.4 Å². The van der Waals surface area contributed by atoms with Gasteiger partial charge in [-0.1, -0.05) is 23.9 Å². The highest BCUT2D eigenvalue weighted by molar-refractivity contribution is 8.00. The van der Waals surface area contributed by atoms with E-state index >= 15 is 0 Å². The molecule has 0 atom stereocenters. The molecule has 0 saturated carbocycles. The molecule has 0 aliphatic heterocycles. The van der Waals surface area contributed by atoms with Gasteiger partial charge in [-0.3, -0.25) is 0 Å². The number of phenolic OH excluding ortho intramolecular Hbond substituents is 1. The van der Waals surface area contributed by atoms with E-state index in [2.05, 4.69) is 16.4 Å². The average Bonchev–Trinajstić information content (AvgIpc) is 2.89. The van der Waals surface area contributed by atoms with E-state index in [1.165, 1.54) is 4.70 Å². The van der Waals surface area contributed by atoms with Crippen LogP contribution in [0.4, 0.5) is 5.69 Å². The van der Waals surface area contributed by atoms with Crippen LogP contribution in [0.5, 0.6) is 5.75 Å². The first kappa shape index (κ1) is 13.3. The monoisotopic (exact) mass is 302 g/mol. The lowest BCUT2D eigenvalue weighted by atomic mass is 10.2. The number of nitrogens with one attached hydrogen (secondary N) is 1. The topological polar surface area (TPSA) is 45.2 Å². The van der Waals surface area contributed by atoms with Crippen LogP contribution in [-0.2, 0) is 6.54 Å². The fourth-order valence-electron chi connectivity index (χ4n) is 1.92. The van der Waals surface area contributed by atoms with Gasteiger partial charge in [0.15, 0.2) is 4.34 Å². The molecule has 102 valence electrons. The van der Waals surface area contributed by atoms with E-state index in [0.717, 1.165) is 27.7 Å². The zero-order chi connectivity index (χ0) is 13.9. The van der Waals surface area contributed by atoms with Gasteiger partial charge in [0.2, 0.25) is 0 Å². The van der Waals surface area contributed by atoms with Crippen molar-refractivity contribution in [2.75, 3.05) is 11.6 Å². The molecular weight excluding hydrogens is 288 g/mol. The number of thiazole rings is 1. The van der Waals surface area contributed by atoms with Crippen molar-refractivity contribution in [2.45, 2.75) is 10.9 Å². The SMILES string of the molecule is CSc1nc2ccc(NCc3ccc(O)cc3)cc2s1. The zero-order valence-electron chi connectivity index (χ0n) is 11.0. The van der Waals surface area contributed by atoms with Gasteiger partial charge in [0.25, 0.3) is 0 Å². The van der Waals surface area contributed by atoms with Crippen molar-refractivity contribution < 1.29 is 5.11 Å². The van der Waals surface area contributed by atoms with E-state index < -0.39 is 0 Å². The third-order valence-electron chi connectivity index (χ3n) is 2.98. The Morgan fingerprint density at radius 3 is 2.75 bits per heavy atom. The number of thioether (sulfide) groups is 1. The normalized spacial score (nSPS) is 10.8. The molecule has 1 aromatic heterocycles. The second-order valence-electron chi connectivity index (χ2n) is 4.39. The number of benzene rings is 2. The maximum Gasteiger partial charge on any atom is 0.150 e. The molecule has 0 saturated heterocycles. The first-order valence-corrected chi connectivity index (χ1v) is 8.25. The van der Waals surface area contributed by atoms with Crippen LogP contribution >= 0.6 is 23.1 Å². The summed E-state index contributed by atoms with van der Waals surface area (Å²) in [5, 5.41) is 12.6. The Morgan fingerprint density at radius 1 is 1.20 bits per heavy atom. The lowest BCUT2D eigenvalue weighted by Gasteiger charge is -2.06. The van der Waals surface area contributed by atoms with Gasteiger partial charge in [0, 0.05) is 12.2 Å². The summed E-state index contributed by atoms with van der Waals surface area (Å²) in [6.45, 7) is 0.736. The standard InChI is InChI=1S/C15H14N2OS2/c1-19-15-17-13-7-4-11(8-14(13)20-15)16-9-10-2-5-12(18)6-3-10/h2-8,16,18H,9H2,1H3. The predicted octanol–water partition coefficient (Wildman–Crippen LogP) is 4.34. The molecule has 3 rings (SSSR count). The highest BCUT2D eigenvalue weighted by Crippen LogP contribution is 2.30. The van der Waals surface area contributed by atoms with E-state index in [4.69, 9.17) is 0 Å². The summed E-state index contributed by atoms with van der Waals surface area (Å²) in [6, 6.07) is 13.5. The summed E-state index contributed by atoms with van der Waals surface area (Å²) >= 11 is 3.39. The summed E-state index contributed by atoms with van der Waals surface area (Å²) in [6.07, 6.45) is 2.04. The highest BCUT2D eigenvalue weighted by atomic mass is 32.2. The molecule has 0 aliphatic carbocycles. The number of nitrogens with zero attached hydrogens (tertiary/aromatic N) is 1. The fraction of sp³-hybridized carbons (Fsp3) is 0.133. The number of fused-ring (bicyclic) bond motifs is 1. The molecule has 1 heterocycles. The van der Waals surface area contributed by atoms with Crippen LogP contribution in [-0.4, -0.2) is 16.3 Å². The van der Waals surface area contributed by atoms with Gasteiger partial charge in [-0.15, -0.1) is 11.3 Å². The van der Waals surface area contributed by atoms with Gasteiger partial charge in [0.05, 0.1) is 10.2 Å². The smallest absolute Gasteiger partial charge is 0.150 e. The van der Waals surface area contributed by atoms with Crippen LogP contribution in [0.1, 0.15) is 5.56 Å². The Morgan fingerprint density at radius 2 is 2.00 bits per heavy atom. The highest BCUT2D eigenvalue weighted by Gasteiger charge is 2.03. The Labute approximate surface area is 125 Å². The molecule has 0 unspecified atom stereocenters. The predicted molar refractivity (Wildman–Crippen MR) is 86.8 cm³/mol. The minimum Gasteiger partial charge on any atom is -0.508 e. The number of hydrogen-bond acceptors (Lipinski definition) is 5. The number of rotatable bonds is 4. The Bertz CT molecular complexity index is 722. The Balaban J connectivity index is 1.75. The minimum atomic E-state index is 0.296. The lowest BCUT2D eigenvalue weighted by molar-refractivity contribution is 0.475. The van der Waals surface area contributed by atoms with E-state index in [1.807, 2.05) is 30.5 Å². The molecule has 5 heteroatoms. The van der Waals surface area contributed by atoms with E-state index in [9.17, 15) is 5.11 Å². The second-order valence-corrected chi connectivity index (χ2v) is 6.47. The maximum absolute atomic E-state index is 9.26. The molecule has 3 nitrogen and oxygen atoms in total. The number of aromatic nitrogens is 1. The maximum atomic E-state index is 9.26. The minimum absolute atomic E-state index is 0.296. The molecule has 2 N–H and O–H groups in total. The van der Waals surface area contributed by atoms with Crippen molar-refractivity contribution in [1.82, 2.24) is 4.98 Å². The average molecular weight is 302 g/mol. The molecule has 0 aliphatic rings. The lowest BCUT2D eigenvalue weighted by Crippen LogP contribution is -1.98. The first-order valence-electron chi connectivity index (χ1n) is 6.21. The molecule has 2 aromatic carbocycles. The first-order chi connectivity index (χ1) is 9.74. The van der Waals surface area contributed by atoms with Crippen molar-refractivity contribution in [2.24, 2.45) is 0 Å². The number of phenols is 1. The van der Waals surface area contributed by atoms with Crippen molar-refractivity contribution in [1.29, 1.82) is 0 Å². The van der Waals surface area contributed by atoms with E-state index in [1.54, 1.807) is 35.2 Å². The van der Waals surface area contributed by atoms with Crippen LogP contribution in [0.25, 0.3) is 10.2 Å². The molecule has 3 aromatic rings. The van der Waals surface area contributed by atoms with Crippen LogP contribution < -0.4 is 5.32 Å². The van der Waals surface area contributed by atoms with Crippen LogP contribution in [0.2, 0.25) is 0 Å². The van der Waals surface area contributed by atoms with Crippen molar-refractivity contribution in [3.63, 3.8) is 0 Å². The molecule has 20 heavy (non-hydrogen) atoms. The summed E-state index contributed by atoms with van der Waals surface area (Å²) in [5.41, 5.74) is 3.27. The number of aromatic hydroxyl groups is 1. The largest absolute Gasteiger partial charge is 0.508 e. The van der Waals surface area contributed by atoms with Gasteiger partial charge in [-0.2, -0.15) is 0 Å². The third-order valence-corrected chi connectivity index (χ3v) is 4.98. The van der Waals surface area contributed by atoms with Crippen molar-refractivity contribution in [3.05, 3.63) is 48.0 Å². The van der Waals surface area contributed by atoms with Gasteiger partial charge in [-0.25, -0.2) is 4.98 Å². The molecule has 0 bridgehead atoms. The number of hydrogen-bond donors (Lipinski definition) is 2. The summed E-state index contributed by atoms with van der Waals surface area (Å²) in [4.78, 5) is 4.53. The summed E-state index contributed by atoms with van der Waals surface area (Å²) in [5.74, 6) is 0.296. The summed E-state index contributed by atoms with van der Waals surface area (Å²) < 4.78 is 2.29. The fourth-order valence-corrected chi connectivity index (χ4v) is 3.45. The zero-order valence-corrected chi connectivity index (χ0v) is 12.6. The van der Waals surface area contributed by atoms with Crippen LogP contribution in [0, 0.1) is 0 Å². The van der Waals surface area contributed by atoms with E-state index in [0.29, 0.717) is 5.75 Å². The molecule has 0 spiro atoms. The van der Waals surface area contributed by atoms with Crippen molar-refractivity contribution >= 4 is 39.0 Å². The van der Waals surface area contributed by atoms with Gasteiger partial charge >= 0.3 is 0 Å². The molecule has 0 fully saturated rings. The van der Waals surface area contributed by atoms with Crippen LogP contribution in [0.3, 0.4) is 0 Å².